The molecule has 3 aromatic rings. The number of likely N-dealkylation sites (tertiary alicyclic amines) is 1. The van der Waals surface area contributed by atoms with Crippen LogP contribution >= 0.6 is 0 Å². The predicted octanol–water partition coefficient (Wildman–Crippen LogP) is 6.52. The Balaban J connectivity index is 1.90. The number of amides is 2. The molecule has 0 saturated carbocycles. The average Bonchev–Trinajstić information content (AvgIpc) is 3.59. The van der Waals surface area contributed by atoms with Crippen LogP contribution in [0.1, 0.15) is 72.3 Å². The lowest BCUT2D eigenvalue weighted by Gasteiger charge is -2.43. The van der Waals surface area contributed by atoms with Gasteiger partial charge in [-0.15, -0.1) is 0 Å². The molecule has 1 fully saturated rings. The molecular weight excluding hydrogens is 653 g/mol. The number of carbonyl (C=O) groups is 4. The van der Waals surface area contributed by atoms with Crippen molar-refractivity contribution >= 4 is 24.3 Å². The largest absolute Gasteiger partial charge is 0.453 e. The smallest absolute Gasteiger partial charge is 0.410 e. The number of hydrogen-bond acceptors (Lipinski definition) is 7. The zero-order valence-electron chi connectivity index (χ0n) is 29.5. The third kappa shape index (κ3) is 9.30. The van der Waals surface area contributed by atoms with E-state index >= 15 is 8.78 Å². The second-order valence-electron chi connectivity index (χ2n) is 14.4. The molecule has 0 aliphatic carbocycles. The van der Waals surface area contributed by atoms with Crippen LogP contribution in [0.2, 0.25) is 0 Å². The van der Waals surface area contributed by atoms with Crippen LogP contribution in [0.4, 0.5) is 18.0 Å². The number of ether oxygens (including phenoxy) is 2. The van der Waals surface area contributed by atoms with Gasteiger partial charge in [-0.1, -0.05) is 44.2 Å². The number of alkyl halides is 1. The molecule has 1 aromatic heterocycles. The summed E-state index contributed by atoms with van der Waals surface area (Å²) in [6.45, 7) is 10.7. The number of esters is 1. The van der Waals surface area contributed by atoms with E-state index in [0.717, 1.165) is 30.7 Å². The molecular formula is C37H45F3N4O6. The highest BCUT2D eigenvalue weighted by molar-refractivity contribution is 5.83. The Morgan fingerprint density at radius 3 is 2.36 bits per heavy atom. The minimum atomic E-state index is -1.56. The molecule has 2 aromatic carbocycles. The highest BCUT2D eigenvalue weighted by Gasteiger charge is 2.46. The van der Waals surface area contributed by atoms with Gasteiger partial charge in [-0.25, -0.2) is 22.9 Å². The Morgan fingerprint density at radius 2 is 1.74 bits per heavy atom. The fraction of sp³-hybridized carbons (Fsp3) is 0.486. The number of hydrogen-bond donors (Lipinski definition) is 0. The molecule has 1 saturated heterocycles. The second-order valence-corrected chi connectivity index (χ2v) is 14.4. The van der Waals surface area contributed by atoms with E-state index < -0.39 is 64.9 Å². The van der Waals surface area contributed by atoms with E-state index in [2.05, 4.69) is 0 Å². The first kappa shape index (κ1) is 38.1. The normalized spacial score (nSPS) is 17.6. The Kier molecular flexibility index (Phi) is 11.8. The second kappa shape index (κ2) is 15.5. The molecule has 0 radical (unpaired) electrons. The number of carbonyl (C=O) groups excluding carboxylic acids is 4. The maximum absolute atomic E-state index is 15.8. The van der Waals surface area contributed by atoms with E-state index in [9.17, 15) is 23.6 Å². The van der Waals surface area contributed by atoms with Crippen molar-refractivity contribution in [2.45, 2.75) is 85.4 Å². The van der Waals surface area contributed by atoms with Gasteiger partial charge in [0.2, 0.25) is 0 Å². The van der Waals surface area contributed by atoms with Crippen molar-refractivity contribution in [3.8, 4) is 11.3 Å². The van der Waals surface area contributed by atoms with E-state index in [-0.39, 0.29) is 49.7 Å². The van der Waals surface area contributed by atoms with Crippen molar-refractivity contribution in [1.29, 1.82) is 0 Å². The number of nitrogens with zero attached hydrogens (tertiary/aromatic N) is 4. The molecule has 4 rings (SSSR count). The summed E-state index contributed by atoms with van der Waals surface area (Å²) in [5, 5.41) is 0. The van der Waals surface area contributed by atoms with E-state index in [1.54, 1.807) is 45.4 Å². The third-order valence-electron chi connectivity index (χ3n) is 8.53. The van der Waals surface area contributed by atoms with Crippen molar-refractivity contribution in [2.24, 2.45) is 11.3 Å². The SMILES string of the molecule is CC(=O)OC(C)C(=O)N(CC1CN(C(=O)OC(C)(C)C)CC1F)C(c1nc(-c2cc(F)ccc2F)cn1Cc1ccccc1)C(C)(C)CC=O. The molecule has 10 nitrogen and oxygen atoms in total. The standard InChI is InChI=1S/C37H45F3N4O6/c1-23(49-24(2)46)34(47)44(20-26-19-43(21-30(26)40)35(48)50-36(3,4)5)32(37(6,7)15-16-45)33-41-31(28-17-27(38)13-14-29(28)39)22-42(33)18-25-11-9-8-10-12-25/h8-14,16-17,22-23,26,30,32H,15,18-21H2,1-7H3. The van der Waals surface area contributed by atoms with E-state index in [0.29, 0.717) is 6.29 Å². The summed E-state index contributed by atoms with van der Waals surface area (Å²) in [7, 11) is 0. The van der Waals surface area contributed by atoms with Crippen LogP contribution in [0.5, 0.6) is 0 Å². The zero-order valence-corrected chi connectivity index (χ0v) is 29.5. The fourth-order valence-electron chi connectivity index (χ4n) is 6.20. The molecule has 4 atom stereocenters. The Labute approximate surface area is 290 Å². The van der Waals surface area contributed by atoms with Crippen LogP contribution in [0.25, 0.3) is 11.3 Å². The van der Waals surface area contributed by atoms with Crippen LogP contribution < -0.4 is 0 Å². The van der Waals surface area contributed by atoms with Gasteiger partial charge in [0.1, 0.15) is 35.5 Å². The molecule has 0 bridgehead atoms. The van der Waals surface area contributed by atoms with Gasteiger partial charge in [0, 0.05) is 50.7 Å². The molecule has 1 aliphatic heterocycles. The highest BCUT2D eigenvalue weighted by atomic mass is 19.1. The summed E-state index contributed by atoms with van der Waals surface area (Å²) in [5.74, 6) is -3.52. The first-order valence-electron chi connectivity index (χ1n) is 16.5. The van der Waals surface area contributed by atoms with Crippen molar-refractivity contribution in [2.75, 3.05) is 19.6 Å². The maximum Gasteiger partial charge on any atom is 0.410 e. The van der Waals surface area contributed by atoms with Gasteiger partial charge in [0.25, 0.3) is 5.91 Å². The Morgan fingerprint density at radius 1 is 1.06 bits per heavy atom. The minimum Gasteiger partial charge on any atom is -0.453 e. The maximum atomic E-state index is 15.8. The number of benzene rings is 2. The number of imidazole rings is 1. The van der Waals surface area contributed by atoms with Crippen LogP contribution in [-0.2, 0) is 30.4 Å². The molecule has 0 N–H and O–H groups in total. The number of halogens is 3. The van der Waals surface area contributed by atoms with Crippen LogP contribution in [0, 0.1) is 23.0 Å². The van der Waals surface area contributed by atoms with Gasteiger partial charge in [-0.3, -0.25) is 9.59 Å². The Bertz CT molecular complexity index is 1690. The molecule has 13 heteroatoms. The van der Waals surface area contributed by atoms with Crippen LogP contribution in [-0.4, -0.2) is 81.1 Å². The zero-order chi connectivity index (χ0) is 37.0. The molecule has 50 heavy (non-hydrogen) atoms. The Hall–Kier alpha value is -4.68. The topological polar surface area (TPSA) is 111 Å². The van der Waals surface area contributed by atoms with Crippen molar-refractivity contribution < 1.29 is 41.8 Å². The molecule has 2 amide bonds. The quantitative estimate of drug-likeness (QED) is 0.157. The summed E-state index contributed by atoms with van der Waals surface area (Å²) in [6, 6.07) is 11.1. The van der Waals surface area contributed by atoms with Gasteiger partial charge in [-0.2, -0.15) is 0 Å². The van der Waals surface area contributed by atoms with Gasteiger partial charge >= 0.3 is 12.1 Å². The molecule has 2 heterocycles. The number of aldehydes is 1. The lowest BCUT2D eigenvalue weighted by Crippen LogP contribution is -2.50. The summed E-state index contributed by atoms with van der Waals surface area (Å²) in [4.78, 5) is 58.8. The number of rotatable bonds is 12. The van der Waals surface area contributed by atoms with Crippen LogP contribution in [0.15, 0.2) is 54.7 Å². The molecule has 1 aliphatic rings. The van der Waals surface area contributed by atoms with Crippen molar-refractivity contribution in [3.63, 3.8) is 0 Å². The van der Waals surface area contributed by atoms with Crippen LogP contribution in [0.3, 0.4) is 0 Å². The average molecular weight is 699 g/mol. The molecule has 270 valence electrons. The molecule has 4 unspecified atom stereocenters. The third-order valence-corrected chi connectivity index (χ3v) is 8.53. The summed E-state index contributed by atoms with van der Waals surface area (Å²) < 4.78 is 57.8. The van der Waals surface area contributed by atoms with E-state index in [1.165, 1.54) is 16.7 Å². The summed E-state index contributed by atoms with van der Waals surface area (Å²) in [6.07, 6.45) is -1.43. The fourth-order valence-corrected chi connectivity index (χ4v) is 6.20. The van der Waals surface area contributed by atoms with Gasteiger partial charge < -0.3 is 28.6 Å². The van der Waals surface area contributed by atoms with Gasteiger partial charge in [0.05, 0.1) is 18.3 Å². The van der Waals surface area contributed by atoms with Gasteiger partial charge in [0.15, 0.2) is 6.10 Å². The first-order valence-corrected chi connectivity index (χ1v) is 16.5. The summed E-state index contributed by atoms with van der Waals surface area (Å²) in [5.41, 5.74) is -1.13. The van der Waals surface area contributed by atoms with E-state index in [4.69, 9.17) is 14.5 Å². The first-order chi connectivity index (χ1) is 23.4. The monoisotopic (exact) mass is 698 g/mol. The lowest BCUT2D eigenvalue weighted by atomic mass is 9.79. The van der Waals surface area contributed by atoms with Crippen molar-refractivity contribution in [1.82, 2.24) is 19.4 Å². The number of aromatic nitrogens is 2. The van der Waals surface area contributed by atoms with E-state index in [1.807, 2.05) is 30.3 Å². The highest BCUT2D eigenvalue weighted by Crippen LogP contribution is 2.43. The predicted molar refractivity (Wildman–Crippen MR) is 179 cm³/mol. The minimum absolute atomic E-state index is 0.0700. The summed E-state index contributed by atoms with van der Waals surface area (Å²) >= 11 is 0. The lowest BCUT2D eigenvalue weighted by molar-refractivity contribution is -0.161. The van der Waals surface area contributed by atoms with Crippen molar-refractivity contribution in [3.05, 3.63) is 77.8 Å². The van der Waals surface area contributed by atoms with Gasteiger partial charge in [-0.05, 0) is 56.9 Å². The molecule has 0 spiro atoms.